The van der Waals surface area contributed by atoms with E-state index in [1.807, 2.05) is 0 Å². The average Bonchev–Trinajstić information content (AvgIpc) is 3.85. The van der Waals surface area contributed by atoms with Crippen molar-refractivity contribution in [1.82, 2.24) is 0 Å². The van der Waals surface area contributed by atoms with Crippen LogP contribution in [-0.4, -0.2) is 0 Å². The van der Waals surface area contributed by atoms with E-state index in [0.29, 0.717) is 0 Å². The summed E-state index contributed by atoms with van der Waals surface area (Å²) in [6.45, 7) is 0. The molecule has 2 aliphatic carbocycles. The zero-order chi connectivity index (χ0) is 42.2. The van der Waals surface area contributed by atoms with Crippen LogP contribution in [0.25, 0.3) is 77.2 Å². The van der Waals surface area contributed by atoms with Gasteiger partial charge in [0.25, 0.3) is 0 Å². The van der Waals surface area contributed by atoms with Crippen LogP contribution in [0, 0.1) is 0 Å². The topological polar surface area (TPSA) is 3.24 Å². The summed E-state index contributed by atoms with van der Waals surface area (Å²) in [6, 6.07) is 92.3. The van der Waals surface area contributed by atoms with Gasteiger partial charge in [-0.2, -0.15) is 0 Å². The molecule has 13 rings (SSSR count). The molecule has 2 aliphatic rings. The van der Waals surface area contributed by atoms with Crippen LogP contribution >= 0.6 is 0 Å². The third kappa shape index (κ3) is 5.25. The Morgan fingerprint density at radius 1 is 0.266 bits per heavy atom. The fourth-order valence-corrected chi connectivity index (χ4v) is 11.3. The Hall–Kier alpha value is -8.26. The molecular formula is C63H41N. The molecular weight excluding hydrogens is 771 g/mol. The lowest BCUT2D eigenvalue weighted by molar-refractivity contribution is 0.794. The molecule has 0 saturated heterocycles. The molecule has 1 heteroatoms. The molecule has 1 spiro atoms. The second-order valence-corrected chi connectivity index (χ2v) is 17.1. The van der Waals surface area contributed by atoms with E-state index < -0.39 is 5.41 Å². The van der Waals surface area contributed by atoms with Gasteiger partial charge in [0.05, 0.1) is 16.8 Å². The second-order valence-electron chi connectivity index (χ2n) is 17.1. The Balaban J connectivity index is 1.16. The van der Waals surface area contributed by atoms with Crippen LogP contribution in [0.15, 0.2) is 249 Å². The maximum absolute atomic E-state index is 2.57. The van der Waals surface area contributed by atoms with Crippen molar-refractivity contribution < 1.29 is 0 Å². The maximum atomic E-state index is 2.57. The summed E-state index contributed by atoms with van der Waals surface area (Å²) in [7, 11) is 0. The number of hydrogen-bond acceptors (Lipinski definition) is 1. The Kier molecular flexibility index (Phi) is 8.20. The summed E-state index contributed by atoms with van der Waals surface area (Å²) >= 11 is 0. The highest BCUT2D eigenvalue weighted by molar-refractivity contribution is 6.10. The molecule has 11 aromatic carbocycles. The third-order valence-electron chi connectivity index (χ3n) is 13.9. The second kappa shape index (κ2) is 14.4. The highest BCUT2D eigenvalue weighted by Crippen LogP contribution is 2.65. The summed E-state index contributed by atoms with van der Waals surface area (Å²) in [5.74, 6) is 0. The van der Waals surface area contributed by atoms with Gasteiger partial charge in [0.1, 0.15) is 0 Å². The number of anilines is 3. The summed E-state index contributed by atoms with van der Waals surface area (Å²) in [6.07, 6.45) is 0. The molecule has 0 unspecified atom stereocenters. The van der Waals surface area contributed by atoms with Gasteiger partial charge in [-0.25, -0.2) is 0 Å². The van der Waals surface area contributed by atoms with Crippen LogP contribution in [-0.2, 0) is 5.41 Å². The van der Waals surface area contributed by atoms with Gasteiger partial charge >= 0.3 is 0 Å². The largest absolute Gasteiger partial charge is 0.309 e. The highest BCUT2D eigenvalue weighted by atomic mass is 15.1. The van der Waals surface area contributed by atoms with Crippen LogP contribution in [0.5, 0.6) is 0 Å². The van der Waals surface area contributed by atoms with E-state index in [1.165, 1.54) is 99.4 Å². The number of hydrogen-bond donors (Lipinski definition) is 0. The van der Waals surface area contributed by atoms with Gasteiger partial charge in [0.2, 0.25) is 0 Å². The molecule has 298 valence electrons. The first kappa shape index (κ1) is 36.4. The van der Waals surface area contributed by atoms with Crippen LogP contribution in [0.2, 0.25) is 0 Å². The molecule has 0 heterocycles. The van der Waals surface area contributed by atoms with Crippen molar-refractivity contribution in [1.29, 1.82) is 0 Å². The lowest BCUT2D eigenvalue weighted by Crippen LogP contribution is -2.26. The summed E-state index contributed by atoms with van der Waals surface area (Å²) in [5.41, 5.74) is 20.4. The summed E-state index contributed by atoms with van der Waals surface area (Å²) in [4.78, 5) is 2.57. The molecule has 0 saturated carbocycles. The van der Waals surface area contributed by atoms with Crippen molar-refractivity contribution in [3.05, 3.63) is 271 Å². The molecule has 0 atom stereocenters. The molecule has 11 aromatic rings. The maximum Gasteiger partial charge on any atom is 0.0726 e. The number of fused-ring (bicyclic) bond motifs is 13. The lowest BCUT2D eigenvalue weighted by Gasteiger charge is -2.33. The fourth-order valence-electron chi connectivity index (χ4n) is 11.3. The molecule has 0 radical (unpaired) electrons. The van der Waals surface area contributed by atoms with Crippen molar-refractivity contribution in [2.75, 3.05) is 4.90 Å². The Morgan fingerprint density at radius 3 is 1.44 bits per heavy atom. The quantitative estimate of drug-likeness (QED) is 0.151. The van der Waals surface area contributed by atoms with Crippen LogP contribution in [0.1, 0.15) is 22.3 Å². The van der Waals surface area contributed by atoms with Crippen LogP contribution in [0.3, 0.4) is 0 Å². The van der Waals surface area contributed by atoms with Crippen molar-refractivity contribution >= 4 is 38.6 Å². The van der Waals surface area contributed by atoms with Gasteiger partial charge in [-0.15, -0.1) is 0 Å². The lowest BCUT2D eigenvalue weighted by atomic mass is 9.70. The molecule has 0 amide bonds. The van der Waals surface area contributed by atoms with E-state index in [4.69, 9.17) is 0 Å². The first-order chi connectivity index (χ1) is 31.8. The monoisotopic (exact) mass is 811 g/mol. The van der Waals surface area contributed by atoms with Gasteiger partial charge in [-0.3, -0.25) is 0 Å². The minimum absolute atomic E-state index is 0.474. The van der Waals surface area contributed by atoms with E-state index >= 15 is 0 Å². The zero-order valence-corrected chi connectivity index (χ0v) is 35.1. The third-order valence-corrected chi connectivity index (χ3v) is 13.9. The van der Waals surface area contributed by atoms with Gasteiger partial charge in [-0.05, 0) is 113 Å². The highest BCUT2D eigenvalue weighted by Gasteiger charge is 2.52. The standard InChI is InChI=1S/C63H41N/c1-3-19-42(20-4-1)48-25-9-10-28-53(48)61-50(43-21-5-2-6-22-43)30-17-35-59(61)64(46-39-40-49-45(41-46)38-37-44-23-7-8-24-47(44)49)60-36-18-34-58-62(60)54-29-13-16-33-57(54)63(58)55-31-14-11-26-51(55)52-27-12-15-32-56(52)63/h1-41H. The molecule has 0 bridgehead atoms. The smallest absolute Gasteiger partial charge is 0.0726 e. The van der Waals surface area contributed by atoms with E-state index in [2.05, 4.69) is 254 Å². The van der Waals surface area contributed by atoms with Gasteiger partial charge < -0.3 is 4.90 Å². The fraction of sp³-hybridized carbons (Fsp3) is 0.0159. The SMILES string of the molecule is c1ccc(-c2ccccc2-c2c(-c3ccccc3)cccc2N(c2ccc3c(ccc4ccccc43)c2)c2cccc3c2-c2ccccc2C32c3ccccc3-c3ccccc32)cc1. The minimum Gasteiger partial charge on any atom is -0.309 e. The van der Waals surface area contributed by atoms with Crippen LogP contribution in [0.4, 0.5) is 17.1 Å². The average molecular weight is 812 g/mol. The predicted octanol–water partition coefficient (Wildman–Crippen LogP) is 16.8. The molecule has 64 heavy (non-hydrogen) atoms. The Morgan fingerprint density at radius 2 is 0.734 bits per heavy atom. The van der Waals surface area contributed by atoms with E-state index in [9.17, 15) is 0 Å². The van der Waals surface area contributed by atoms with Gasteiger partial charge in [0.15, 0.2) is 0 Å². The Bertz CT molecular complexity index is 3570. The minimum atomic E-state index is -0.474. The zero-order valence-electron chi connectivity index (χ0n) is 35.1. The van der Waals surface area contributed by atoms with Gasteiger partial charge in [-0.1, -0.05) is 224 Å². The normalized spacial score (nSPS) is 12.8. The van der Waals surface area contributed by atoms with Gasteiger partial charge in [0, 0.05) is 16.8 Å². The molecule has 0 fully saturated rings. The first-order valence-electron chi connectivity index (χ1n) is 22.3. The Labute approximate surface area is 373 Å². The summed E-state index contributed by atoms with van der Waals surface area (Å²) in [5, 5.41) is 4.96. The molecule has 0 aromatic heterocycles. The number of rotatable bonds is 6. The molecule has 1 nitrogen and oxygen atoms in total. The first-order valence-corrected chi connectivity index (χ1v) is 22.3. The van der Waals surface area contributed by atoms with Crippen molar-refractivity contribution in [3.8, 4) is 55.6 Å². The van der Waals surface area contributed by atoms with Crippen molar-refractivity contribution in [3.63, 3.8) is 0 Å². The number of nitrogens with zero attached hydrogens (tertiary/aromatic N) is 1. The molecule has 0 aliphatic heterocycles. The summed E-state index contributed by atoms with van der Waals surface area (Å²) < 4.78 is 0. The van der Waals surface area contributed by atoms with E-state index in [1.54, 1.807) is 0 Å². The van der Waals surface area contributed by atoms with Crippen molar-refractivity contribution in [2.24, 2.45) is 0 Å². The number of benzene rings is 11. The van der Waals surface area contributed by atoms with E-state index in [-0.39, 0.29) is 0 Å². The van der Waals surface area contributed by atoms with Crippen molar-refractivity contribution in [2.45, 2.75) is 5.41 Å². The van der Waals surface area contributed by atoms with E-state index in [0.717, 1.165) is 17.1 Å². The predicted molar refractivity (Wildman–Crippen MR) is 269 cm³/mol. The molecule has 0 N–H and O–H groups in total. The van der Waals surface area contributed by atoms with Crippen LogP contribution < -0.4 is 4.90 Å².